The van der Waals surface area contributed by atoms with Crippen LogP contribution in [-0.4, -0.2) is 19.5 Å². The van der Waals surface area contributed by atoms with Crippen molar-refractivity contribution in [2.45, 2.75) is 25.3 Å². The maximum absolute atomic E-state index is 13.5. The molecule has 0 amide bonds. The van der Waals surface area contributed by atoms with Crippen LogP contribution in [0.25, 0.3) is 0 Å². The van der Waals surface area contributed by atoms with Crippen LogP contribution in [0.3, 0.4) is 0 Å². The maximum atomic E-state index is 13.5. The first-order valence-electron chi connectivity index (χ1n) is 8.36. The van der Waals surface area contributed by atoms with Crippen molar-refractivity contribution in [1.29, 1.82) is 0 Å². The first-order chi connectivity index (χ1) is 13.2. The quantitative estimate of drug-likeness (QED) is 0.525. The molecule has 0 unspecified atom stereocenters. The van der Waals surface area contributed by atoms with Crippen LogP contribution >= 0.6 is 27.3 Å². The van der Waals surface area contributed by atoms with E-state index in [4.69, 9.17) is 0 Å². The normalized spacial score (nSPS) is 11.4. The third kappa shape index (κ3) is 3.99. The second kappa shape index (κ2) is 8.06. The standard InChI is InChI=1S/C20H18BrNO4S2/c1-13-7-9-16(10-8-13)28(25,26)22(11-15-5-3-4-6-17(15)21)18-14(2)12-27-19(18)20(23)24/h3-10,12H,11H2,1-2H3,(H,23,24). The molecule has 28 heavy (non-hydrogen) atoms. The fourth-order valence-corrected chi connectivity index (χ4v) is 5.68. The Morgan fingerprint density at radius 2 is 1.75 bits per heavy atom. The molecule has 0 saturated heterocycles. The van der Waals surface area contributed by atoms with Crippen LogP contribution in [0.4, 0.5) is 5.69 Å². The Balaban J connectivity index is 2.20. The summed E-state index contributed by atoms with van der Waals surface area (Å²) in [6.07, 6.45) is 0. The molecule has 0 radical (unpaired) electrons. The van der Waals surface area contributed by atoms with Gasteiger partial charge in [-0.05, 0) is 48.6 Å². The van der Waals surface area contributed by atoms with Gasteiger partial charge in [0.25, 0.3) is 10.0 Å². The fraction of sp³-hybridized carbons (Fsp3) is 0.150. The average molecular weight is 480 g/mol. The van der Waals surface area contributed by atoms with Crippen molar-refractivity contribution in [1.82, 2.24) is 0 Å². The SMILES string of the molecule is Cc1ccc(S(=O)(=O)N(Cc2ccccc2Br)c2c(C)csc2C(=O)O)cc1. The van der Waals surface area contributed by atoms with Crippen molar-refractivity contribution >= 4 is 48.9 Å². The van der Waals surface area contributed by atoms with Crippen LogP contribution in [0, 0.1) is 13.8 Å². The molecule has 5 nitrogen and oxygen atoms in total. The number of rotatable bonds is 6. The molecule has 0 spiro atoms. The predicted molar refractivity (Wildman–Crippen MR) is 115 cm³/mol. The molecular weight excluding hydrogens is 462 g/mol. The molecule has 2 aromatic carbocycles. The van der Waals surface area contributed by atoms with Crippen molar-refractivity contribution in [3.05, 3.63) is 80.0 Å². The van der Waals surface area contributed by atoms with Crippen molar-refractivity contribution in [2.75, 3.05) is 4.31 Å². The second-order valence-electron chi connectivity index (χ2n) is 6.32. The highest BCUT2D eigenvalue weighted by molar-refractivity contribution is 9.10. The Hall–Kier alpha value is -2.16. The number of halogens is 1. The predicted octanol–water partition coefficient (Wildman–Crippen LogP) is 5.22. The van der Waals surface area contributed by atoms with E-state index in [1.165, 1.54) is 4.31 Å². The third-order valence-corrected chi connectivity index (χ3v) is 7.88. The molecule has 3 aromatic rings. The van der Waals surface area contributed by atoms with Gasteiger partial charge in [0.05, 0.1) is 17.1 Å². The van der Waals surface area contributed by atoms with E-state index in [0.717, 1.165) is 26.9 Å². The number of aromatic carboxylic acids is 1. The molecule has 146 valence electrons. The van der Waals surface area contributed by atoms with E-state index in [2.05, 4.69) is 15.9 Å². The van der Waals surface area contributed by atoms with Gasteiger partial charge >= 0.3 is 5.97 Å². The molecule has 0 saturated carbocycles. The molecule has 0 fully saturated rings. The lowest BCUT2D eigenvalue weighted by atomic mass is 10.2. The summed E-state index contributed by atoms with van der Waals surface area (Å²) in [6, 6.07) is 13.8. The zero-order valence-electron chi connectivity index (χ0n) is 15.2. The zero-order valence-corrected chi connectivity index (χ0v) is 18.4. The van der Waals surface area contributed by atoms with Gasteiger partial charge in [0.15, 0.2) is 0 Å². The number of carboxylic acids is 1. The van der Waals surface area contributed by atoms with Crippen molar-refractivity contribution in [3.8, 4) is 0 Å². The molecule has 1 heterocycles. The number of anilines is 1. The monoisotopic (exact) mass is 479 g/mol. The molecule has 0 atom stereocenters. The van der Waals surface area contributed by atoms with Gasteiger partial charge < -0.3 is 5.11 Å². The molecular formula is C20H18BrNO4S2. The van der Waals surface area contributed by atoms with Crippen molar-refractivity contribution in [2.24, 2.45) is 0 Å². The molecule has 1 aromatic heterocycles. The molecule has 0 aliphatic carbocycles. The van der Waals surface area contributed by atoms with Gasteiger partial charge in [0.2, 0.25) is 0 Å². The van der Waals surface area contributed by atoms with Gasteiger partial charge in [-0.1, -0.05) is 51.8 Å². The van der Waals surface area contributed by atoms with E-state index in [-0.39, 0.29) is 22.0 Å². The van der Waals surface area contributed by atoms with Gasteiger partial charge in [-0.2, -0.15) is 0 Å². The van der Waals surface area contributed by atoms with E-state index in [9.17, 15) is 18.3 Å². The van der Waals surface area contributed by atoms with Gasteiger partial charge in [0, 0.05) is 4.47 Å². The number of sulfonamides is 1. The Labute approximate surface area is 176 Å². The first-order valence-corrected chi connectivity index (χ1v) is 11.5. The van der Waals surface area contributed by atoms with Crippen LogP contribution in [0.15, 0.2) is 63.3 Å². The Bertz CT molecular complexity index is 1120. The van der Waals surface area contributed by atoms with E-state index in [1.54, 1.807) is 36.6 Å². The van der Waals surface area contributed by atoms with Gasteiger partial charge in [-0.25, -0.2) is 13.2 Å². The molecule has 3 rings (SSSR count). The van der Waals surface area contributed by atoms with Crippen LogP contribution in [-0.2, 0) is 16.6 Å². The Kier molecular flexibility index (Phi) is 5.92. The number of thiophene rings is 1. The van der Waals surface area contributed by atoms with Crippen LogP contribution in [0.2, 0.25) is 0 Å². The molecule has 0 bridgehead atoms. The third-order valence-electron chi connectivity index (χ3n) is 4.27. The highest BCUT2D eigenvalue weighted by Gasteiger charge is 2.31. The minimum atomic E-state index is -3.98. The summed E-state index contributed by atoms with van der Waals surface area (Å²) in [5.41, 5.74) is 2.48. The topological polar surface area (TPSA) is 74.7 Å². The summed E-state index contributed by atoms with van der Waals surface area (Å²) in [5.74, 6) is -1.15. The molecule has 0 aliphatic heterocycles. The lowest BCUT2D eigenvalue weighted by Gasteiger charge is -2.26. The Morgan fingerprint density at radius 1 is 1.11 bits per heavy atom. The van der Waals surface area contributed by atoms with Crippen LogP contribution < -0.4 is 4.31 Å². The molecule has 8 heteroatoms. The second-order valence-corrected chi connectivity index (χ2v) is 9.91. The summed E-state index contributed by atoms with van der Waals surface area (Å²) < 4.78 is 29.0. The highest BCUT2D eigenvalue weighted by atomic mass is 79.9. The molecule has 1 N–H and O–H groups in total. The fourth-order valence-electron chi connectivity index (χ4n) is 2.80. The average Bonchev–Trinajstić information content (AvgIpc) is 3.02. The number of hydrogen-bond donors (Lipinski definition) is 1. The smallest absolute Gasteiger partial charge is 0.348 e. The van der Waals surface area contributed by atoms with Gasteiger partial charge in [0.1, 0.15) is 4.88 Å². The van der Waals surface area contributed by atoms with Gasteiger partial charge in [-0.15, -0.1) is 11.3 Å². The lowest BCUT2D eigenvalue weighted by Crippen LogP contribution is -2.32. The number of carbonyl (C=O) groups is 1. The number of carboxylic acid groups (broad SMARTS) is 1. The maximum Gasteiger partial charge on any atom is 0.348 e. The zero-order chi connectivity index (χ0) is 20.5. The highest BCUT2D eigenvalue weighted by Crippen LogP contribution is 2.37. The Morgan fingerprint density at radius 3 is 2.36 bits per heavy atom. The number of aryl methyl sites for hydroxylation is 2. The molecule has 0 aliphatic rings. The van der Waals surface area contributed by atoms with Crippen LogP contribution in [0.5, 0.6) is 0 Å². The van der Waals surface area contributed by atoms with E-state index >= 15 is 0 Å². The summed E-state index contributed by atoms with van der Waals surface area (Å²) in [6.45, 7) is 3.60. The summed E-state index contributed by atoms with van der Waals surface area (Å²) in [5, 5.41) is 11.3. The number of hydrogen-bond acceptors (Lipinski definition) is 4. The minimum Gasteiger partial charge on any atom is -0.477 e. The van der Waals surface area contributed by atoms with Gasteiger partial charge in [-0.3, -0.25) is 4.31 Å². The summed E-state index contributed by atoms with van der Waals surface area (Å²) >= 11 is 4.48. The van der Waals surface area contributed by atoms with E-state index in [0.29, 0.717) is 5.56 Å². The van der Waals surface area contributed by atoms with E-state index in [1.807, 2.05) is 31.2 Å². The summed E-state index contributed by atoms with van der Waals surface area (Å²) in [7, 11) is -3.98. The van der Waals surface area contributed by atoms with Crippen molar-refractivity contribution < 1.29 is 18.3 Å². The largest absolute Gasteiger partial charge is 0.477 e. The lowest BCUT2D eigenvalue weighted by molar-refractivity contribution is 0.0703. The van der Waals surface area contributed by atoms with Crippen LogP contribution in [0.1, 0.15) is 26.4 Å². The first kappa shape index (κ1) is 20.6. The van der Waals surface area contributed by atoms with Crippen molar-refractivity contribution in [3.63, 3.8) is 0 Å². The number of benzene rings is 2. The van der Waals surface area contributed by atoms with E-state index < -0.39 is 16.0 Å². The number of nitrogens with zero attached hydrogens (tertiary/aromatic N) is 1. The minimum absolute atomic E-state index is 0.000222. The summed E-state index contributed by atoms with van der Waals surface area (Å²) in [4.78, 5) is 11.9.